The van der Waals surface area contributed by atoms with Crippen molar-refractivity contribution in [2.45, 2.75) is 6.54 Å². The molecular formula is C8H12N4O. The number of rotatable bonds is 2. The van der Waals surface area contributed by atoms with Gasteiger partial charge in [0.2, 0.25) is 5.96 Å². The molecule has 0 amide bonds. The first kappa shape index (κ1) is 9.31. The second-order valence-corrected chi connectivity index (χ2v) is 2.68. The Labute approximate surface area is 76.5 Å². The van der Waals surface area contributed by atoms with Crippen LogP contribution in [0, 0.1) is 0 Å². The van der Waals surface area contributed by atoms with E-state index in [0.29, 0.717) is 6.54 Å². The summed E-state index contributed by atoms with van der Waals surface area (Å²) in [5, 5.41) is 11.3. The van der Waals surface area contributed by atoms with Crippen molar-refractivity contribution in [2.24, 2.45) is 10.9 Å². The molecular weight excluding hydrogens is 168 g/mol. The fraction of sp³-hybridized carbons (Fsp3) is 0.250. The molecule has 0 atom stereocenters. The van der Waals surface area contributed by atoms with E-state index in [0.717, 1.165) is 5.56 Å². The van der Waals surface area contributed by atoms with Crippen molar-refractivity contribution in [1.29, 1.82) is 0 Å². The summed E-state index contributed by atoms with van der Waals surface area (Å²) in [5.41, 5.74) is 6.38. The minimum absolute atomic E-state index is 0.0869. The summed E-state index contributed by atoms with van der Waals surface area (Å²) in [6.45, 7) is 0.573. The largest absolute Gasteiger partial charge is 0.408 e. The van der Waals surface area contributed by atoms with E-state index in [1.807, 2.05) is 12.1 Å². The predicted molar refractivity (Wildman–Crippen MR) is 49.1 cm³/mol. The van der Waals surface area contributed by atoms with E-state index in [9.17, 15) is 0 Å². The van der Waals surface area contributed by atoms with Crippen molar-refractivity contribution in [3.8, 4) is 0 Å². The van der Waals surface area contributed by atoms with Gasteiger partial charge < -0.3 is 15.8 Å². The zero-order valence-electron chi connectivity index (χ0n) is 7.38. The van der Waals surface area contributed by atoms with Gasteiger partial charge in [-0.05, 0) is 11.6 Å². The molecule has 5 nitrogen and oxygen atoms in total. The third kappa shape index (κ3) is 2.62. The highest BCUT2D eigenvalue weighted by atomic mass is 16.4. The number of nitrogens with two attached hydrogens (primary N) is 1. The number of oxime groups is 1. The van der Waals surface area contributed by atoms with Crippen LogP contribution >= 0.6 is 0 Å². The molecule has 3 N–H and O–H groups in total. The number of hydrogen-bond donors (Lipinski definition) is 2. The third-order valence-electron chi connectivity index (χ3n) is 1.64. The van der Waals surface area contributed by atoms with E-state index in [4.69, 9.17) is 10.9 Å². The maximum absolute atomic E-state index is 8.39. The molecule has 0 aromatic carbocycles. The Balaban J connectivity index is 2.60. The van der Waals surface area contributed by atoms with Crippen molar-refractivity contribution < 1.29 is 5.21 Å². The molecule has 70 valence electrons. The summed E-state index contributed by atoms with van der Waals surface area (Å²) in [4.78, 5) is 5.58. The summed E-state index contributed by atoms with van der Waals surface area (Å²) in [7, 11) is 1.74. The molecule has 0 spiro atoms. The van der Waals surface area contributed by atoms with Gasteiger partial charge in [-0.15, -0.1) is 0 Å². The van der Waals surface area contributed by atoms with Gasteiger partial charge in [-0.25, -0.2) is 0 Å². The van der Waals surface area contributed by atoms with E-state index in [1.165, 1.54) is 0 Å². The topological polar surface area (TPSA) is 74.7 Å². The normalized spacial score (nSPS) is 11.3. The van der Waals surface area contributed by atoms with Crippen molar-refractivity contribution in [2.75, 3.05) is 7.05 Å². The maximum atomic E-state index is 8.39. The first-order valence-electron chi connectivity index (χ1n) is 3.81. The first-order valence-corrected chi connectivity index (χ1v) is 3.81. The highest BCUT2D eigenvalue weighted by Crippen LogP contribution is 1.99. The molecule has 1 rings (SSSR count). The minimum atomic E-state index is 0.0869. The summed E-state index contributed by atoms with van der Waals surface area (Å²) >= 11 is 0. The molecule has 0 aliphatic rings. The highest BCUT2D eigenvalue weighted by molar-refractivity contribution is 5.76. The first-order chi connectivity index (χ1) is 6.24. The molecule has 0 saturated carbocycles. The molecule has 0 aliphatic carbocycles. The Kier molecular flexibility index (Phi) is 3.08. The van der Waals surface area contributed by atoms with Gasteiger partial charge >= 0.3 is 0 Å². The molecule has 13 heavy (non-hydrogen) atoms. The molecule has 1 heterocycles. The van der Waals surface area contributed by atoms with Crippen LogP contribution in [0.25, 0.3) is 0 Å². The lowest BCUT2D eigenvalue weighted by molar-refractivity contribution is 0.304. The molecule has 0 unspecified atom stereocenters. The SMILES string of the molecule is CN(Cc1cccnc1)/C(N)=N/O. The molecule has 0 bridgehead atoms. The molecule has 5 heteroatoms. The Morgan fingerprint density at radius 1 is 1.77 bits per heavy atom. The Bertz CT molecular complexity index is 285. The van der Waals surface area contributed by atoms with Crippen LogP contribution < -0.4 is 5.73 Å². The van der Waals surface area contributed by atoms with Gasteiger partial charge in [0.25, 0.3) is 0 Å². The second-order valence-electron chi connectivity index (χ2n) is 2.68. The quantitative estimate of drug-likeness (QED) is 0.295. The average molecular weight is 180 g/mol. The van der Waals surface area contributed by atoms with Gasteiger partial charge in [0, 0.05) is 26.0 Å². The van der Waals surface area contributed by atoms with E-state index >= 15 is 0 Å². The van der Waals surface area contributed by atoms with Gasteiger partial charge in [-0.3, -0.25) is 4.98 Å². The van der Waals surface area contributed by atoms with E-state index in [1.54, 1.807) is 24.3 Å². The zero-order chi connectivity index (χ0) is 9.68. The Morgan fingerprint density at radius 2 is 2.54 bits per heavy atom. The lowest BCUT2D eigenvalue weighted by Gasteiger charge is -2.15. The van der Waals surface area contributed by atoms with Gasteiger partial charge in [-0.2, -0.15) is 0 Å². The maximum Gasteiger partial charge on any atom is 0.233 e. The van der Waals surface area contributed by atoms with Gasteiger partial charge in [0.05, 0.1) is 0 Å². The number of pyridine rings is 1. The van der Waals surface area contributed by atoms with Crippen molar-refractivity contribution in [3.63, 3.8) is 0 Å². The summed E-state index contributed by atoms with van der Waals surface area (Å²) in [5.74, 6) is 0.0869. The molecule has 1 aromatic rings. The van der Waals surface area contributed by atoms with Crippen LogP contribution in [0.15, 0.2) is 29.7 Å². The monoisotopic (exact) mass is 180 g/mol. The van der Waals surface area contributed by atoms with E-state index in [2.05, 4.69) is 10.1 Å². The summed E-state index contributed by atoms with van der Waals surface area (Å²) in [6, 6.07) is 3.77. The van der Waals surface area contributed by atoms with Gasteiger partial charge in [-0.1, -0.05) is 11.2 Å². The summed E-state index contributed by atoms with van der Waals surface area (Å²) < 4.78 is 0. The van der Waals surface area contributed by atoms with Crippen molar-refractivity contribution >= 4 is 5.96 Å². The smallest absolute Gasteiger partial charge is 0.233 e. The highest BCUT2D eigenvalue weighted by Gasteiger charge is 2.02. The van der Waals surface area contributed by atoms with Crippen LogP contribution in [-0.4, -0.2) is 28.1 Å². The van der Waals surface area contributed by atoms with Crippen LogP contribution in [-0.2, 0) is 6.54 Å². The zero-order valence-corrected chi connectivity index (χ0v) is 7.38. The molecule has 0 aliphatic heterocycles. The molecule has 0 fully saturated rings. The summed E-state index contributed by atoms with van der Waals surface area (Å²) in [6.07, 6.45) is 3.44. The second kappa shape index (κ2) is 4.30. The van der Waals surface area contributed by atoms with Gasteiger partial charge in [0.1, 0.15) is 0 Å². The van der Waals surface area contributed by atoms with Gasteiger partial charge in [0.15, 0.2) is 0 Å². The lowest BCUT2D eigenvalue weighted by Crippen LogP contribution is -2.33. The van der Waals surface area contributed by atoms with E-state index < -0.39 is 0 Å². The lowest BCUT2D eigenvalue weighted by atomic mass is 10.3. The number of nitrogens with zero attached hydrogens (tertiary/aromatic N) is 3. The Morgan fingerprint density at radius 3 is 3.08 bits per heavy atom. The standard InChI is InChI=1S/C8H12N4O/c1-12(8(9)11-13)6-7-3-2-4-10-5-7/h2-5,13H,6H2,1H3,(H2,9,11). The molecule has 1 aromatic heterocycles. The third-order valence-corrected chi connectivity index (χ3v) is 1.64. The van der Waals surface area contributed by atoms with Crippen LogP contribution in [0.3, 0.4) is 0 Å². The molecule has 0 saturated heterocycles. The number of hydrogen-bond acceptors (Lipinski definition) is 3. The molecule has 0 radical (unpaired) electrons. The fourth-order valence-electron chi connectivity index (χ4n) is 0.923. The minimum Gasteiger partial charge on any atom is -0.408 e. The van der Waals surface area contributed by atoms with Crippen molar-refractivity contribution in [1.82, 2.24) is 9.88 Å². The van der Waals surface area contributed by atoms with E-state index in [-0.39, 0.29) is 5.96 Å². The fourth-order valence-corrected chi connectivity index (χ4v) is 0.923. The van der Waals surface area contributed by atoms with Crippen LogP contribution in [0.1, 0.15) is 5.56 Å². The van der Waals surface area contributed by atoms with Crippen LogP contribution in [0.4, 0.5) is 0 Å². The number of guanidine groups is 1. The van der Waals surface area contributed by atoms with Crippen LogP contribution in [0.2, 0.25) is 0 Å². The van der Waals surface area contributed by atoms with Crippen LogP contribution in [0.5, 0.6) is 0 Å². The average Bonchev–Trinajstić information content (AvgIpc) is 2.18. The predicted octanol–water partition coefficient (Wildman–Crippen LogP) is 0.217. The Hall–Kier alpha value is -1.78. The number of aromatic nitrogens is 1. The van der Waals surface area contributed by atoms with Crippen molar-refractivity contribution in [3.05, 3.63) is 30.1 Å².